The monoisotopic (exact) mass is 329 g/mol. The molecule has 3 rings (SSSR count). The Balaban J connectivity index is 2.20. The second-order valence-electron chi connectivity index (χ2n) is 4.82. The van der Waals surface area contributed by atoms with Crippen LogP contribution in [0.15, 0.2) is 9.95 Å². The quantitative estimate of drug-likeness (QED) is 0.403. The Morgan fingerprint density at radius 1 is 1.41 bits per heavy atom. The van der Waals surface area contributed by atoms with Gasteiger partial charge in [-0.1, -0.05) is 11.8 Å². The van der Waals surface area contributed by atoms with E-state index in [1.165, 1.54) is 16.3 Å². The third-order valence-electron chi connectivity index (χ3n) is 3.49. The number of hydrogen-bond acceptors (Lipinski definition) is 9. The van der Waals surface area contributed by atoms with Crippen LogP contribution in [-0.4, -0.2) is 66.0 Å². The third-order valence-corrected chi connectivity index (χ3v) is 4.14. The number of thioether (sulfide) groups is 1. The molecule has 0 bridgehead atoms. The first-order valence-electron chi connectivity index (χ1n) is 6.42. The predicted octanol–water partition coefficient (Wildman–Crippen LogP) is -1.96. The highest BCUT2D eigenvalue weighted by molar-refractivity contribution is 7.98. The lowest BCUT2D eigenvalue weighted by Gasteiger charge is -2.18. The largest absolute Gasteiger partial charge is 0.394 e. The van der Waals surface area contributed by atoms with Gasteiger partial charge in [0.15, 0.2) is 22.5 Å². The molecule has 1 aliphatic heterocycles. The number of rotatable bonds is 3. The lowest BCUT2D eigenvalue weighted by molar-refractivity contribution is -0.0548. The van der Waals surface area contributed by atoms with Gasteiger partial charge in [-0.2, -0.15) is 4.98 Å². The van der Waals surface area contributed by atoms with Gasteiger partial charge in [-0.25, -0.2) is 4.98 Å². The first-order valence-corrected chi connectivity index (χ1v) is 7.64. The number of aliphatic hydroxyl groups is 3. The second-order valence-corrected chi connectivity index (χ2v) is 5.59. The molecule has 3 heterocycles. The van der Waals surface area contributed by atoms with Crippen LogP contribution in [0.4, 0.5) is 5.95 Å². The van der Waals surface area contributed by atoms with Gasteiger partial charge in [0.05, 0.1) is 6.61 Å². The number of aromatic amines is 1. The van der Waals surface area contributed by atoms with Crippen molar-refractivity contribution in [3.63, 3.8) is 0 Å². The van der Waals surface area contributed by atoms with E-state index in [0.29, 0.717) is 5.16 Å². The van der Waals surface area contributed by atoms with Crippen LogP contribution in [0.5, 0.6) is 0 Å². The average molecular weight is 329 g/mol. The minimum atomic E-state index is -1.30. The zero-order valence-electron chi connectivity index (χ0n) is 11.5. The summed E-state index contributed by atoms with van der Waals surface area (Å²) in [6.45, 7) is -0.452. The summed E-state index contributed by atoms with van der Waals surface area (Å²) in [4.78, 5) is 22.4. The fourth-order valence-corrected chi connectivity index (χ4v) is 3.02. The summed E-state index contributed by atoms with van der Waals surface area (Å²) >= 11 is 1.22. The van der Waals surface area contributed by atoms with E-state index in [9.17, 15) is 20.1 Å². The van der Waals surface area contributed by atoms with Crippen LogP contribution in [0, 0.1) is 0 Å². The molecule has 0 radical (unpaired) electrons. The number of imidazole rings is 1. The Hall–Kier alpha value is -1.66. The number of ether oxygens (including phenoxy) is 1. The summed E-state index contributed by atoms with van der Waals surface area (Å²) in [6.07, 6.45) is -2.81. The van der Waals surface area contributed by atoms with Crippen molar-refractivity contribution in [1.29, 1.82) is 0 Å². The van der Waals surface area contributed by atoms with E-state index in [0.717, 1.165) is 0 Å². The Labute approximate surface area is 127 Å². The topological polar surface area (TPSA) is 160 Å². The maximum absolute atomic E-state index is 11.9. The Kier molecular flexibility index (Phi) is 3.82. The second kappa shape index (κ2) is 5.52. The average Bonchev–Trinajstić information content (AvgIpc) is 2.98. The number of anilines is 1. The molecule has 0 spiro atoms. The molecule has 0 unspecified atom stereocenters. The van der Waals surface area contributed by atoms with Crippen molar-refractivity contribution in [2.75, 3.05) is 18.6 Å². The first kappa shape index (κ1) is 15.2. The van der Waals surface area contributed by atoms with E-state index < -0.39 is 36.7 Å². The Morgan fingerprint density at radius 2 is 2.14 bits per heavy atom. The van der Waals surface area contributed by atoms with Gasteiger partial charge < -0.3 is 25.8 Å². The van der Waals surface area contributed by atoms with E-state index in [4.69, 9.17) is 10.5 Å². The molecular formula is C11H15N5O5S. The summed E-state index contributed by atoms with van der Waals surface area (Å²) in [5.41, 5.74) is 5.23. The minimum Gasteiger partial charge on any atom is -0.394 e. The van der Waals surface area contributed by atoms with Crippen LogP contribution in [0.2, 0.25) is 0 Å². The highest BCUT2D eigenvalue weighted by Gasteiger charge is 2.45. The first-order chi connectivity index (χ1) is 10.5. The van der Waals surface area contributed by atoms with Crippen molar-refractivity contribution in [2.24, 2.45) is 0 Å². The number of aromatic nitrogens is 4. The number of nitrogens with zero attached hydrogens (tertiary/aromatic N) is 3. The molecule has 1 aliphatic rings. The molecule has 120 valence electrons. The number of nitrogen functional groups attached to an aromatic ring is 1. The Bertz CT molecular complexity index is 761. The van der Waals surface area contributed by atoms with Crippen molar-refractivity contribution in [3.8, 4) is 0 Å². The highest BCUT2D eigenvalue weighted by Crippen LogP contribution is 2.34. The van der Waals surface area contributed by atoms with Crippen molar-refractivity contribution >= 4 is 28.9 Å². The molecule has 2 aromatic rings. The Morgan fingerprint density at radius 3 is 2.73 bits per heavy atom. The summed E-state index contributed by atoms with van der Waals surface area (Å²) in [7, 11) is 0. The zero-order valence-corrected chi connectivity index (χ0v) is 12.3. The summed E-state index contributed by atoms with van der Waals surface area (Å²) in [5.74, 6) is -0.0990. The van der Waals surface area contributed by atoms with Crippen LogP contribution < -0.4 is 11.3 Å². The summed E-state index contributed by atoms with van der Waals surface area (Å²) in [6, 6.07) is 0. The zero-order chi connectivity index (χ0) is 16.0. The summed E-state index contributed by atoms with van der Waals surface area (Å²) < 4.78 is 6.87. The summed E-state index contributed by atoms with van der Waals surface area (Å²) in [5, 5.41) is 29.6. The molecule has 1 saturated heterocycles. The fraction of sp³-hybridized carbons (Fsp3) is 0.545. The highest BCUT2D eigenvalue weighted by atomic mass is 32.2. The standard InChI is InChI=1S/C11H15N5O5S/c1-22-11-13-4-7(14-10(12)15-8(4)20)16(11)9-6(19)5(18)3(2-17)21-9/h3,5-6,9,17-19H,2H2,1H3,(H3,12,14,15,20)/t3-,5-,6-,9-/m1/s1. The van der Waals surface area contributed by atoms with Crippen LogP contribution in [0.1, 0.15) is 6.23 Å². The molecule has 10 nitrogen and oxygen atoms in total. The van der Waals surface area contributed by atoms with E-state index in [-0.39, 0.29) is 17.1 Å². The normalized spacial score (nSPS) is 28.5. The maximum Gasteiger partial charge on any atom is 0.280 e. The fourth-order valence-electron chi connectivity index (χ4n) is 2.45. The van der Waals surface area contributed by atoms with Crippen molar-refractivity contribution in [3.05, 3.63) is 10.4 Å². The van der Waals surface area contributed by atoms with Gasteiger partial charge in [0, 0.05) is 0 Å². The van der Waals surface area contributed by atoms with Crippen molar-refractivity contribution < 1.29 is 20.1 Å². The number of fused-ring (bicyclic) bond motifs is 1. The van der Waals surface area contributed by atoms with Gasteiger partial charge in [0.1, 0.15) is 18.3 Å². The van der Waals surface area contributed by atoms with Gasteiger partial charge in [-0.3, -0.25) is 14.3 Å². The molecule has 4 atom stereocenters. The van der Waals surface area contributed by atoms with Crippen LogP contribution in [0.3, 0.4) is 0 Å². The molecule has 22 heavy (non-hydrogen) atoms. The molecule has 0 saturated carbocycles. The maximum atomic E-state index is 11.9. The lowest BCUT2D eigenvalue weighted by Crippen LogP contribution is -2.33. The molecule has 0 aliphatic carbocycles. The molecule has 2 aromatic heterocycles. The van der Waals surface area contributed by atoms with Gasteiger partial charge in [-0.05, 0) is 6.26 Å². The predicted molar refractivity (Wildman–Crippen MR) is 77.4 cm³/mol. The molecule has 0 amide bonds. The smallest absolute Gasteiger partial charge is 0.280 e. The number of hydrogen-bond donors (Lipinski definition) is 5. The molecule has 11 heteroatoms. The van der Waals surface area contributed by atoms with Crippen LogP contribution in [0.25, 0.3) is 11.2 Å². The number of aliphatic hydroxyl groups excluding tert-OH is 3. The van der Waals surface area contributed by atoms with Crippen molar-refractivity contribution in [2.45, 2.75) is 29.7 Å². The van der Waals surface area contributed by atoms with E-state index in [1.54, 1.807) is 6.26 Å². The van der Waals surface area contributed by atoms with Gasteiger partial charge in [-0.15, -0.1) is 0 Å². The van der Waals surface area contributed by atoms with Gasteiger partial charge >= 0.3 is 0 Å². The van der Waals surface area contributed by atoms with Crippen molar-refractivity contribution in [1.82, 2.24) is 19.5 Å². The number of nitrogens with two attached hydrogens (primary N) is 1. The lowest BCUT2D eigenvalue weighted by atomic mass is 10.1. The number of H-pyrrole nitrogens is 1. The molecule has 6 N–H and O–H groups in total. The van der Waals surface area contributed by atoms with E-state index in [1.807, 2.05) is 0 Å². The SMILES string of the molecule is CSc1nc2c(=O)[nH]c(N)nc2n1[C@@H]1O[C@H](CO)[C@@H](O)[C@H]1O. The van der Waals surface area contributed by atoms with Gasteiger partial charge in [0.25, 0.3) is 5.56 Å². The third kappa shape index (κ3) is 2.18. The van der Waals surface area contributed by atoms with Crippen LogP contribution in [-0.2, 0) is 4.74 Å². The molecule has 1 fully saturated rings. The van der Waals surface area contributed by atoms with E-state index in [2.05, 4.69) is 15.0 Å². The molecule has 0 aromatic carbocycles. The van der Waals surface area contributed by atoms with Gasteiger partial charge in [0.2, 0.25) is 5.95 Å². The van der Waals surface area contributed by atoms with Crippen LogP contribution >= 0.6 is 11.8 Å². The van der Waals surface area contributed by atoms with E-state index >= 15 is 0 Å². The minimum absolute atomic E-state index is 0.0521. The molecular weight excluding hydrogens is 314 g/mol. The number of nitrogens with one attached hydrogen (secondary N) is 1.